The summed E-state index contributed by atoms with van der Waals surface area (Å²) in [5.74, 6) is 0.180. The van der Waals surface area contributed by atoms with Crippen molar-refractivity contribution in [1.82, 2.24) is 9.80 Å². The first-order valence-corrected chi connectivity index (χ1v) is 5.77. The number of hydrogen-bond donors (Lipinski definition) is 0. The van der Waals surface area contributed by atoms with Gasteiger partial charge in [-0.25, -0.2) is 0 Å². The maximum atomic E-state index is 11.9. The number of rotatable bonds is 1. The lowest BCUT2D eigenvalue weighted by atomic mass is 9.69. The summed E-state index contributed by atoms with van der Waals surface area (Å²) in [5.41, 5.74) is 0. The molecule has 4 aliphatic heterocycles. The van der Waals surface area contributed by atoms with Gasteiger partial charge in [0.25, 0.3) is 0 Å². The van der Waals surface area contributed by atoms with E-state index in [2.05, 4.69) is 0 Å². The van der Waals surface area contributed by atoms with Crippen molar-refractivity contribution >= 4 is 11.8 Å². The van der Waals surface area contributed by atoms with Gasteiger partial charge in [-0.2, -0.15) is 0 Å². The largest absolute Gasteiger partial charge is 0.315 e. The van der Waals surface area contributed by atoms with Crippen LogP contribution in [0.15, 0.2) is 24.6 Å². The molecule has 2 fully saturated rings. The van der Waals surface area contributed by atoms with E-state index in [0.29, 0.717) is 0 Å². The number of amides is 2. The quantitative estimate of drug-likeness (QED) is 0.598. The van der Waals surface area contributed by atoms with Gasteiger partial charge in [-0.3, -0.25) is 9.59 Å². The summed E-state index contributed by atoms with van der Waals surface area (Å²) < 4.78 is 0. The molecule has 0 aliphatic carbocycles. The van der Waals surface area contributed by atoms with Crippen LogP contribution in [0.4, 0.5) is 0 Å². The van der Waals surface area contributed by atoms with Crippen LogP contribution in [-0.2, 0) is 9.59 Å². The molecule has 4 rings (SSSR count). The van der Waals surface area contributed by atoms with E-state index in [1.165, 1.54) is 0 Å². The lowest BCUT2D eigenvalue weighted by Gasteiger charge is -2.53. The van der Waals surface area contributed by atoms with E-state index in [0.717, 1.165) is 12.8 Å². The number of carbonyl (C=O) groups excluding carboxylic acids is 2. The zero-order valence-corrected chi connectivity index (χ0v) is 8.74. The Kier molecular flexibility index (Phi) is 1.37. The second-order valence-corrected chi connectivity index (χ2v) is 4.92. The van der Waals surface area contributed by atoms with Crippen molar-refractivity contribution in [3.05, 3.63) is 24.6 Å². The Morgan fingerprint density at radius 1 is 0.875 bits per heavy atom. The van der Waals surface area contributed by atoms with Gasteiger partial charge >= 0.3 is 0 Å². The van der Waals surface area contributed by atoms with Gasteiger partial charge in [-0.15, -0.1) is 0 Å². The molecule has 4 heteroatoms. The first-order chi connectivity index (χ1) is 7.79. The summed E-state index contributed by atoms with van der Waals surface area (Å²) in [6, 6.07) is 0.536. The summed E-state index contributed by atoms with van der Waals surface area (Å²) >= 11 is 0. The molecule has 4 nitrogen and oxygen atoms in total. The first kappa shape index (κ1) is 8.56. The molecule has 0 saturated carbocycles. The van der Waals surface area contributed by atoms with Crippen LogP contribution in [0.3, 0.4) is 0 Å². The molecule has 0 aromatic rings. The van der Waals surface area contributed by atoms with Crippen molar-refractivity contribution < 1.29 is 9.59 Å². The van der Waals surface area contributed by atoms with Crippen molar-refractivity contribution in [2.75, 3.05) is 0 Å². The van der Waals surface area contributed by atoms with Gasteiger partial charge in [-0.1, -0.05) is 12.2 Å². The van der Waals surface area contributed by atoms with Gasteiger partial charge in [0.2, 0.25) is 11.8 Å². The fourth-order valence-electron chi connectivity index (χ4n) is 3.48. The van der Waals surface area contributed by atoms with Crippen LogP contribution < -0.4 is 0 Å². The molecule has 2 saturated heterocycles. The van der Waals surface area contributed by atoms with Crippen LogP contribution >= 0.6 is 0 Å². The molecule has 0 N–H and O–H groups in total. The average Bonchev–Trinajstić information content (AvgIpc) is 2.89. The summed E-state index contributed by atoms with van der Waals surface area (Å²) in [7, 11) is 0. The fraction of sp³-hybridized carbons (Fsp3) is 0.500. The van der Waals surface area contributed by atoms with Crippen LogP contribution in [0.2, 0.25) is 0 Å². The molecule has 16 heavy (non-hydrogen) atoms. The monoisotopic (exact) mass is 216 g/mol. The maximum absolute atomic E-state index is 11.9. The third-order valence-electron chi connectivity index (χ3n) is 4.30. The molecular weight excluding hydrogens is 204 g/mol. The minimum absolute atomic E-state index is 0.0522. The van der Waals surface area contributed by atoms with Crippen molar-refractivity contribution in [2.45, 2.75) is 24.9 Å². The third-order valence-corrected chi connectivity index (χ3v) is 4.30. The molecule has 0 radical (unpaired) electrons. The van der Waals surface area contributed by atoms with Crippen LogP contribution in [-0.4, -0.2) is 33.7 Å². The highest BCUT2D eigenvalue weighted by Gasteiger charge is 2.61. The molecule has 0 bridgehead atoms. The van der Waals surface area contributed by atoms with Crippen molar-refractivity contribution in [3.63, 3.8) is 0 Å². The molecule has 2 unspecified atom stereocenters. The normalized spacial score (nSPS) is 43.2. The molecular formula is C12H12N2O2. The Morgan fingerprint density at radius 2 is 1.31 bits per heavy atom. The summed E-state index contributed by atoms with van der Waals surface area (Å²) in [6.07, 6.45) is 9.60. The van der Waals surface area contributed by atoms with Crippen LogP contribution in [0, 0.1) is 11.8 Å². The van der Waals surface area contributed by atoms with E-state index >= 15 is 0 Å². The van der Waals surface area contributed by atoms with Crippen molar-refractivity contribution in [2.24, 2.45) is 11.8 Å². The van der Waals surface area contributed by atoms with Gasteiger partial charge in [-0.05, 0) is 12.8 Å². The van der Waals surface area contributed by atoms with E-state index in [1.807, 2.05) is 24.6 Å². The Labute approximate surface area is 93.2 Å². The van der Waals surface area contributed by atoms with Gasteiger partial charge in [0.1, 0.15) is 0 Å². The molecule has 82 valence electrons. The first-order valence-electron chi connectivity index (χ1n) is 5.77. The van der Waals surface area contributed by atoms with E-state index in [1.54, 1.807) is 9.80 Å². The van der Waals surface area contributed by atoms with E-state index < -0.39 is 0 Å². The molecule has 2 amide bonds. The lowest BCUT2D eigenvalue weighted by molar-refractivity contribution is -0.173. The maximum Gasteiger partial charge on any atom is 0.232 e. The second-order valence-electron chi connectivity index (χ2n) is 4.92. The van der Waals surface area contributed by atoms with Crippen LogP contribution in [0.25, 0.3) is 0 Å². The highest BCUT2D eigenvalue weighted by molar-refractivity contribution is 5.97. The van der Waals surface area contributed by atoms with Gasteiger partial charge in [0.05, 0.1) is 23.9 Å². The topological polar surface area (TPSA) is 40.6 Å². The van der Waals surface area contributed by atoms with E-state index in [4.69, 9.17) is 0 Å². The summed E-state index contributed by atoms with van der Waals surface area (Å²) in [5, 5.41) is 0. The van der Waals surface area contributed by atoms with Crippen molar-refractivity contribution in [3.8, 4) is 0 Å². The standard InChI is InChI=1S/C12H12N2O2/c15-11-9(7-3-1-5-13(7)11)10-8-4-2-6-14(8)12(10)16/h1-2,5-10H,3-4H2/t7-,8-,9?,10?/m0/s1. The second kappa shape index (κ2) is 2.56. The third kappa shape index (κ3) is 0.752. The van der Waals surface area contributed by atoms with Gasteiger partial charge in [0, 0.05) is 12.4 Å². The minimum Gasteiger partial charge on any atom is -0.315 e. The fourth-order valence-corrected chi connectivity index (χ4v) is 3.48. The van der Waals surface area contributed by atoms with E-state index in [-0.39, 0.29) is 35.7 Å². The van der Waals surface area contributed by atoms with Crippen LogP contribution in [0.1, 0.15) is 12.8 Å². The summed E-state index contributed by atoms with van der Waals surface area (Å²) in [4.78, 5) is 27.4. The number of nitrogens with zero attached hydrogens (tertiary/aromatic N) is 2. The molecule has 0 aromatic heterocycles. The lowest BCUT2D eigenvalue weighted by Crippen LogP contribution is -2.69. The van der Waals surface area contributed by atoms with Crippen LogP contribution in [0.5, 0.6) is 0 Å². The molecule has 0 spiro atoms. The van der Waals surface area contributed by atoms with Crippen molar-refractivity contribution in [1.29, 1.82) is 0 Å². The number of carbonyl (C=O) groups is 2. The SMILES string of the molecule is O=C1C(C2C(=O)N3C=CC[C@@H]23)[C@@H]2CC=CN12. The molecule has 0 aromatic carbocycles. The number of fused-ring (bicyclic) bond motifs is 2. The zero-order valence-electron chi connectivity index (χ0n) is 8.74. The molecule has 4 aliphatic rings. The van der Waals surface area contributed by atoms with Gasteiger partial charge in [0.15, 0.2) is 0 Å². The average molecular weight is 216 g/mol. The predicted molar refractivity (Wildman–Crippen MR) is 55.8 cm³/mol. The number of β-lactam (4-membered cyclic amide) rings is 2. The Hall–Kier alpha value is -1.58. The minimum atomic E-state index is -0.0522. The highest BCUT2D eigenvalue weighted by Crippen LogP contribution is 2.47. The number of hydrogen-bond acceptors (Lipinski definition) is 2. The summed E-state index contributed by atoms with van der Waals surface area (Å²) in [6.45, 7) is 0. The Balaban J connectivity index is 1.60. The zero-order chi connectivity index (χ0) is 10.9. The Bertz CT molecular complexity index is 412. The highest BCUT2D eigenvalue weighted by atomic mass is 16.2. The molecule has 4 atom stereocenters. The van der Waals surface area contributed by atoms with Gasteiger partial charge < -0.3 is 9.80 Å². The smallest absolute Gasteiger partial charge is 0.232 e. The Morgan fingerprint density at radius 3 is 1.75 bits per heavy atom. The molecule has 4 heterocycles. The predicted octanol–water partition coefficient (Wildman–Crippen LogP) is 0.475. The van der Waals surface area contributed by atoms with E-state index in [9.17, 15) is 9.59 Å².